The summed E-state index contributed by atoms with van der Waals surface area (Å²) in [6.07, 6.45) is 9.92. The summed E-state index contributed by atoms with van der Waals surface area (Å²) in [5, 5.41) is 0. The Morgan fingerprint density at radius 1 is 1.18 bits per heavy atom. The summed E-state index contributed by atoms with van der Waals surface area (Å²) in [5.41, 5.74) is 1.62. The molecular weight excluding hydrogens is 386 g/mol. The predicted octanol–water partition coefficient (Wildman–Crippen LogP) is 5.93. The van der Waals surface area contributed by atoms with E-state index in [9.17, 15) is 9.59 Å². The Labute approximate surface area is 177 Å². The fourth-order valence-electron chi connectivity index (χ4n) is 4.60. The molecule has 1 aliphatic heterocycles. The minimum absolute atomic E-state index is 0.0651. The van der Waals surface area contributed by atoms with Crippen molar-refractivity contribution in [3.63, 3.8) is 0 Å². The minimum atomic E-state index is -0.651. The van der Waals surface area contributed by atoms with Crippen LogP contribution >= 0.6 is 24.0 Å². The van der Waals surface area contributed by atoms with Crippen LogP contribution in [0.15, 0.2) is 42.0 Å². The summed E-state index contributed by atoms with van der Waals surface area (Å²) >= 11 is 7.26. The van der Waals surface area contributed by atoms with Gasteiger partial charge in [0.1, 0.15) is 15.4 Å². The molecule has 3 atom stereocenters. The number of allylic oxidation sites excluding steroid dienone is 2. The average molecular weight is 416 g/mol. The number of nitrogens with zero attached hydrogens (tertiary/aromatic N) is 1. The number of amides is 1. The van der Waals surface area contributed by atoms with Crippen LogP contribution in [0.3, 0.4) is 0 Å². The van der Waals surface area contributed by atoms with Crippen molar-refractivity contribution in [1.29, 1.82) is 0 Å². The van der Waals surface area contributed by atoms with Gasteiger partial charge in [0.2, 0.25) is 5.91 Å². The average Bonchev–Trinajstić information content (AvgIpc) is 2.97. The molecule has 0 N–H and O–H groups in total. The summed E-state index contributed by atoms with van der Waals surface area (Å²) in [7, 11) is 0. The van der Waals surface area contributed by atoms with Crippen LogP contribution in [0.5, 0.6) is 0 Å². The highest BCUT2D eigenvalue weighted by Gasteiger charge is 2.61. The summed E-state index contributed by atoms with van der Waals surface area (Å²) in [4.78, 5) is 27.6. The van der Waals surface area contributed by atoms with Crippen molar-refractivity contribution in [3.8, 4) is 0 Å². The van der Waals surface area contributed by atoms with Crippen LogP contribution in [0.2, 0.25) is 0 Å². The number of para-hydroxylation sites is 1. The number of carbonyl (C=O) groups is 2. The van der Waals surface area contributed by atoms with Gasteiger partial charge in [-0.25, -0.2) is 0 Å². The van der Waals surface area contributed by atoms with Crippen molar-refractivity contribution in [2.75, 3.05) is 4.90 Å². The van der Waals surface area contributed by atoms with Crippen molar-refractivity contribution in [2.24, 2.45) is 11.8 Å². The first-order valence-electron chi connectivity index (χ1n) is 10.4. The summed E-state index contributed by atoms with van der Waals surface area (Å²) < 4.78 is -0.0336. The molecule has 1 spiro atoms. The molecule has 0 saturated carbocycles. The normalized spacial score (nSPS) is 27.4. The van der Waals surface area contributed by atoms with Gasteiger partial charge < -0.3 is 0 Å². The maximum atomic E-state index is 14.0. The van der Waals surface area contributed by atoms with Crippen molar-refractivity contribution >= 4 is 46.2 Å². The fraction of sp³-hybridized carbons (Fsp3) is 0.522. The highest BCUT2D eigenvalue weighted by atomic mass is 32.2. The van der Waals surface area contributed by atoms with Gasteiger partial charge in [0.25, 0.3) is 0 Å². The molecule has 2 aliphatic rings. The molecule has 150 valence electrons. The van der Waals surface area contributed by atoms with Crippen molar-refractivity contribution in [1.82, 2.24) is 0 Å². The van der Waals surface area contributed by atoms with E-state index in [0.717, 1.165) is 62.5 Å². The zero-order valence-corrected chi connectivity index (χ0v) is 18.4. The lowest BCUT2D eigenvalue weighted by molar-refractivity contribution is -0.122. The number of carbonyl (C=O) groups excluding carboxylic acids is 2. The van der Waals surface area contributed by atoms with Crippen molar-refractivity contribution < 1.29 is 9.59 Å². The van der Waals surface area contributed by atoms with E-state index in [0.29, 0.717) is 4.32 Å². The molecule has 1 aromatic rings. The van der Waals surface area contributed by atoms with E-state index in [1.807, 2.05) is 30.3 Å². The Balaban J connectivity index is 2.07. The Hall–Kier alpha value is -1.46. The number of unbranched alkanes of at least 4 members (excludes halogenated alkanes) is 2. The largest absolute Gasteiger partial charge is 0.298 e. The first kappa shape index (κ1) is 21.3. The zero-order chi connectivity index (χ0) is 20.1. The van der Waals surface area contributed by atoms with Crippen LogP contribution < -0.4 is 4.90 Å². The highest BCUT2D eigenvalue weighted by molar-refractivity contribution is 8.25. The van der Waals surface area contributed by atoms with Gasteiger partial charge in [-0.2, -0.15) is 0 Å². The summed E-state index contributed by atoms with van der Waals surface area (Å²) in [6, 6.07) is 9.68. The topological polar surface area (TPSA) is 37.4 Å². The SMILES string of the molecule is CCCC[C@@H]1CC=C(C=O)[C@@H](CCCC)[C@@]12SC(=S)N(c1ccccc1)C2=O. The van der Waals surface area contributed by atoms with Crippen LogP contribution in [-0.4, -0.2) is 21.3 Å². The van der Waals surface area contributed by atoms with Crippen molar-refractivity contribution in [3.05, 3.63) is 42.0 Å². The lowest BCUT2D eigenvalue weighted by Crippen LogP contribution is -2.52. The molecule has 1 fully saturated rings. The molecule has 0 aromatic heterocycles. The number of thiocarbonyl (C=S) groups is 1. The van der Waals surface area contributed by atoms with Gasteiger partial charge >= 0.3 is 0 Å². The molecule has 1 aliphatic carbocycles. The van der Waals surface area contributed by atoms with E-state index in [2.05, 4.69) is 19.9 Å². The zero-order valence-electron chi connectivity index (χ0n) is 16.7. The van der Waals surface area contributed by atoms with E-state index in [1.165, 1.54) is 0 Å². The van der Waals surface area contributed by atoms with Gasteiger partial charge in [0.05, 0.1) is 5.69 Å². The van der Waals surface area contributed by atoms with Gasteiger partial charge in [-0.15, -0.1) is 0 Å². The number of benzene rings is 1. The second-order valence-corrected chi connectivity index (χ2v) is 9.64. The van der Waals surface area contributed by atoms with Gasteiger partial charge in [-0.3, -0.25) is 14.5 Å². The third-order valence-corrected chi connectivity index (χ3v) is 7.96. The molecule has 1 saturated heterocycles. The predicted molar refractivity (Wildman–Crippen MR) is 122 cm³/mol. The van der Waals surface area contributed by atoms with Crippen LogP contribution in [0.25, 0.3) is 0 Å². The quantitative estimate of drug-likeness (QED) is 0.389. The Bertz CT molecular complexity index is 761. The second-order valence-electron chi connectivity index (χ2n) is 7.73. The fourth-order valence-corrected chi connectivity index (χ4v) is 6.73. The molecule has 3 rings (SSSR count). The molecule has 5 heteroatoms. The number of hydrogen-bond acceptors (Lipinski definition) is 4. The first-order chi connectivity index (χ1) is 13.6. The van der Waals surface area contributed by atoms with Crippen LogP contribution in [0.4, 0.5) is 5.69 Å². The Morgan fingerprint density at radius 3 is 2.50 bits per heavy atom. The van der Waals surface area contributed by atoms with E-state index in [1.54, 1.807) is 16.7 Å². The van der Waals surface area contributed by atoms with E-state index in [-0.39, 0.29) is 17.7 Å². The van der Waals surface area contributed by atoms with E-state index < -0.39 is 4.75 Å². The van der Waals surface area contributed by atoms with Crippen LogP contribution in [0, 0.1) is 11.8 Å². The van der Waals surface area contributed by atoms with Crippen molar-refractivity contribution in [2.45, 2.75) is 63.5 Å². The number of thioether (sulfide) groups is 1. The smallest absolute Gasteiger partial charge is 0.250 e. The Morgan fingerprint density at radius 2 is 1.86 bits per heavy atom. The van der Waals surface area contributed by atoms with Gasteiger partial charge in [0, 0.05) is 5.92 Å². The monoisotopic (exact) mass is 415 g/mol. The molecule has 28 heavy (non-hydrogen) atoms. The van der Waals surface area contributed by atoms with Gasteiger partial charge in [0.15, 0.2) is 0 Å². The van der Waals surface area contributed by atoms with Crippen LogP contribution in [0.1, 0.15) is 58.8 Å². The first-order valence-corrected chi connectivity index (χ1v) is 11.6. The minimum Gasteiger partial charge on any atom is -0.298 e. The Kier molecular flexibility index (Phi) is 7.10. The maximum absolute atomic E-state index is 14.0. The number of anilines is 1. The highest BCUT2D eigenvalue weighted by Crippen LogP contribution is 2.56. The molecular formula is C23H29NO2S2. The van der Waals surface area contributed by atoms with E-state index in [4.69, 9.17) is 12.2 Å². The molecule has 1 aromatic carbocycles. The van der Waals surface area contributed by atoms with Gasteiger partial charge in [-0.05, 0) is 42.9 Å². The maximum Gasteiger partial charge on any atom is 0.250 e. The lowest BCUT2D eigenvalue weighted by Gasteiger charge is -2.44. The number of hydrogen-bond donors (Lipinski definition) is 0. The molecule has 0 unspecified atom stereocenters. The number of rotatable bonds is 8. The molecule has 3 nitrogen and oxygen atoms in total. The van der Waals surface area contributed by atoms with Crippen LogP contribution in [-0.2, 0) is 9.59 Å². The van der Waals surface area contributed by atoms with E-state index >= 15 is 0 Å². The lowest BCUT2D eigenvalue weighted by atomic mass is 9.67. The van der Waals surface area contributed by atoms with Gasteiger partial charge in [-0.1, -0.05) is 87.8 Å². The summed E-state index contributed by atoms with van der Waals surface area (Å²) in [6.45, 7) is 4.33. The third kappa shape index (κ3) is 3.71. The third-order valence-electron chi connectivity index (χ3n) is 6.04. The molecule has 1 amide bonds. The molecule has 1 heterocycles. The second kappa shape index (κ2) is 9.36. The summed E-state index contributed by atoms with van der Waals surface area (Å²) in [5.74, 6) is 0.218. The number of aldehydes is 1. The molecule has 0 bridgehead atoms. The molecule has 0 radical (unpaired) electrons. The standard InChI is InChI=1S/C23H29NO2S2/c1-3-5-10-18-15-14-17(16-25)20(13-6-4-2)23(18)21(26)24(22(27)28-23)19-11-8-7-9-12-19/h7-9,11-12,14,16,18,20H,3-6,10,13,15H2,1-2H3/t18-,20-,23+/m1/s1.